The Balaban J connectivity index is 2.22. The van der Waals surface area contributed by atoms with Gasteiger partial charge in [-0.1, -0.05) is 11.6 Å². The molecule has 1 aromatic carbocycles. The molecule has 0 unspecified atom stereocenters. The summed E-state index contributed by atoms with van der Waals surface area (Å²) in [5.74, 6) is 1.35. The smallest absolute Gasteiger partial charge is 0.130 e. The van der Waals surface area contributed by atoms with Crippen molar-refractivity contribution in [3.8, 4) is 11.5 Å². The van der Waals surface area contributed by atoms with Gasteiger partial charge >= 0.3 is 0 Å². The standard InChI is InChI=1S/C13H12ClNO2/c1-9-6-11(2-3-13(9)14)17-12-4-5-15-10(7-12)8-16/h2-7,16H,8H2,1H3. The van der Waals surface area contributed by atoms with Crippen LogP contribution < -0.4 is 4.74 Å². The Hall–Kier alpha value is -1.58. The molecular formula is C13H12ClNO2. The molecule has 0 aliphatic heterocycles. The van der Waals surface area contributed by atoms with E-state index in [4.69, 9.17) is 21.4 Å². The first kappa shape index (κ1) is 11.9. The number of aryl methyl sites for hydroxylation is 1. The molecule has 1 N–H and O–H groups in total. The van der Waals surface area contributed by atoms with E-state index in [1.54, 1.807) is 30.5 Å². The molecule has 0 bridgehead atoms. The Morgan fingerprint density at radius 3 is 2.71 bits per heavy atom. The molecule has 0 spiro atoms. The van der Waals surface area contributed by atoms with E-state index in [-0.39, 0.29) is 6.61 Å². The summed E-state index contributed by atoms with van der Waals surface area (Å²) < 4.78 is 5.65. The van der Waals surface area contributed by atoms with Crippen LogP contribution in [-0.2, 0) is 6.61 Å². The topological polar surface area (TPSA) is 42.4 Å². The molecule has 88 valence electrons. The van der Waals surface area contributed by atoms with Gasteiger partial charge in [0.25, 0.3) is 0 Å². The largest absolute Gasteiger partial charge is 0.457 e. The first-order valence-electron chi connectivity index (χ1n) is 5.19. The van der Waals surface area contributed by atoms with Crippen LogP contribution in [0.15, 0.2) is 36.5 Å². The van der Waals surface area contributed by atoms with Crippen LogP contribution in [0, 0.1) is 6.92 Å². The van der Waals surface area contributed by atoms with Crippen molar-refractivity contribution >= 4 is 11.6 Å². The zero-order valence-electron chi connectivity index (χ0n) is 9.35. The maximum atomic E-state index is 8.97. The maximum absolute atomic E-state index is 8.97. The summed E-state index contributed by atoms with van der Waals surface area (Å²) in [5, 5.41) is 9.68. The van der Waals surface area contributed by atoms with Gasteiger partial charge in [0.15, 0.2) is 0 Å². The molecule has 1 heterocycles. The highest BCUT2D eigenvalue weighted by Crippen LogP contribution is 2.25. The molecule has 0 aliphatic rings. The van der Waals surface area contributed by atoms with E-state index in [0.29, 0.717) is 22.2 Å². The Morgan fingerprint density at radius 1 is 1.24 bits per heavy atom. The number of hydrogen-bond acceptors (Lipinski definition) is 3. The molecule has 0 saturated heterocycles. The van der Waals surface area contributed by atoms with Crippen LogP contribution in [-0.4, -0.2) is 10.1 Å². The van der Waals surface area contributed by atoms with E-state index in [9.17, 15) is 0 Å². The Kier molecular flexibility index (Phi) is 3.61. The number of benzene rings is 1. The number of pyridine rings is 1. The SMILES string of the molecule is Cc1cc(Oc2ccnc(CO)c2)ccc1Cl. The second-order valence-corrected chi connectivity index (χ2v) is 4.06. The highest BCUT2D eigenvalue weighted by Gasteiger charge is 2.01. The van der Waals surface area contributed by atoms with Crippen LogP contribution in [0.3, 0.4) is 0 Å². The highest BCUT2D eigenvalue weighted by molar-refractivity contribution is 6.31. The minimum Gasteiger partial charge on any atom is -0.457 e. The molecule has 0 atom stereocenters. The van der Waals surface area contributed by atoms with Crippen LogP contribution in [0.1, 0.15) is 11.3 Å². The molecule has 4 heteroatoms. The van der Waals surface area contributed by atoms with Crippen molar-refractivity contribution < 1.29 is 9.84 Å². The lowest BCUT2D eigenvalue weighted by Gasteiger charge is -2.07. The van der Waals surface area contributed by atoms with Gasteiger partial charge in [-0.05, 0) is 36.8 Å². The number of nitrogens with zero attached hydrogens (tertiary/aromatic N) is 1. The quantitative estimate of drug-likeness (QED) is 0.907. The van der Waals surface area contributed by atoms with Gasteiger partial charge in [-0.3, -0.25) is 4.98 Å². The van der Waals surface area contributed by atoms with E-state index in [1.807, 2.05) is 13.0 Å². The third kappa shape index (κ3) is 2.96. The van der Waals surface area contributed by atoms with Crippen LogP contribution in [0.4, 0.5) is 0 Å². The maximum Gasteiger partial charge on any atom is 0.130 e. The van der Waals surface area contributed by atoms with Crippen molar-refractivity contribution in [3.63, 3.8) is 0 Å². The van der Waals surface area contributed by atoms with Crippen molar-refractivity contribution in [2.24, 2.45) is 0 Å². The monoisotopic (exact) mass is 249 g/mol. The van der Waals surface area contributed by atoms with Crippen molar-refractivity contribution in [1.29, 1.82) is 0 Å². The molecule has 3 nitrogen and oxygen atoms in total. The second kappa shape index (κ2) is 5.17. The predicted octanol–water partition coefficient (Wildman–Crippen LogP) is 3.33. The average molecular weight is 250 g/mol. The van der Waals surface area contributed by atoms with Gasteiger partial charge in [-0.15, -0.1) is 0 Å². The minimum absolute atomic E-state index is 0.100. The fraction of sp³-hybridized carbons (Fsp3) is 0.154. The van der Waals surface area contributed by atoms with E-state index in [1.165, 1.54) is 0 Å². The van der Waals surface area contributed by atoms with Crippen LogP contribution in [0.25, 0.3) is 0 Å². The molecular weight excluding hydrogens is 238 g/mol. The summed E-state index contributed by atoms with van der Waals surface area (Å²) in [6.45, 7) is 1.82. The number of aliphatic hydroxyl groups excluding tert-OH is 1. The Bertz CT molecular complexity index is 529. The van der Waals surface area contributed by atoms with E-state index in [0.717, 1.165) is 5.56 Å². The van der Waals surface area contributed by atoms with E-state index >= 15 is 0 Å². The average Bonchev–Trinajstić information content (AvgIpc) is 2.34. The predicted molar refractivity (Wildman–Crippen MR) is 66.4 cm³/mol. The highest BCUT2D eigenvalue weighted by atomic mass is 35.5. The van der Waals surface area contributed by atoms with Crippen molar-refractivity contribution in [2.45, 2.75) is 13.5 Å². The summed E-state index contributed by atoms with van der Waals surface area (Å²) >= 11 is 5.93. The first-order valence-corrected chi connectivity index (χ1v) is 5.56. The molecule has 0 fully saturated rings. The minimum atomic E-state index is -0.100. The summed E-state index contributed by atoms with van der Waals surface area (Å²) in [6.07, 6.45) is 1.60. The molecule has 1 aromatic heterocycles. The number of hydrogen-bond donors (Lipinski definition) is 1. The third-order valence-corrected chi connectivity index (χ3v) is 2.74. The summed E-state index contributed by atoms with van der Waals surface area (Å²) in [4.78, 5) is 3.98. The number of aliphatic hydroxyl groups is 1. The van der Waals surface area contributed by atoms with Gasteiger partial charge in [0.1, 0.15) is 11.5 Å². The normalized spacial score (nSPS) is 10.3. The number of rotatable bonds is 3. The summed E-state index contributed by atoms with van der Waals surface area (Å²) in [7, 11) is 0. The van der Waals surface area contributed by atoms with Crippen LogP contribution >= 0.6 is 11.6 Å². The molecule has 2 aromatic rings. The van der Waals surface area contributed by atoms with Gasteiger partial charge in [-0.25, -0.2) is 0 Å². The van der Waals surface area contributed by atoms with Gasteiger partial charge in [0, 0.05) is 17.3 Å². The molecule has 0 saturated carbocycles. The van der Waals surface area contributed by atoms with Crippen LogP contribution in [0.2, 0.25) is 5.02 Å². The molecule has 0 aliphatic carbocycles. The van der Waals surface area contributed by atoms with Crippen molar-refractivity contribution in [1.82, 2.24) is 4.98 Å². The summed E-state index contributed by atoms with van der Waals surface area (Å²) in [6, 6.07) is 8.89. The summed E-state index contributed by atoms with van der Waals surface area (Å²) in [5.41, 5.74) is 1.54. The molecule has 17 heavy (non-hydrogen) atoms. The van der Waals surface area contributed by atoms with E-state index in [2.05, 4.69) is 4.98 Å². The Labute approximate surface area is 105 Å². The van der Waals surface area contributed by atoms with E-state index < -0.39 is 0 Å². The van der Waals surface area contributed by atoms with Gasteiger partial charge in [0.05, 0.1) is 12.3 Å². The lowest BCUT2D eigenvalue weighted by Crippen LogP contribution is -1.91. The lowest BCUT2D eigenvalue weighted by atomic mass is 10.2. The zero-order chi connectivity index (χ0) is 12.3. The zero-order valence-corrected chi connectivity index (χ0v) is 10.1. The first-order chi connectivity index (χ1) is 8.19. The molecule has 2 rings (SSSR count). The fourth-order valence-corrected chi connectivity index (χ4v) is 1.54. The number of aromatic nitrogens is 1. The number of halogens is 1. The van der Waals surface area contributed by atoms with Gasteiger partial charge in [-0.2, -0.15) is 0 Å². The number of ether oxygens (including phenoxy) is 1. The second-order valence-electron chi connectivity index (χ2n) is 3.65. The molecule has 0 radical (unpaired) electrons. The molecule has 0 amide bonds. The van der Waals surface area contributed by atoms with Crippen molar-refractivity contribution in [2.75, 3.05) is 0 Å². The third-order valence-electron chi connectivity index (χ3n) is 2.32. The lowest BCUT2D eigenvalue weighted by molar-refractivity contribution is 0.276. The van der Waals surface area contributed by atoms with Gasteiger partial charge < -0.3 is 9.84 Å². The Morgan fingerprint density at radius 2 is 2.00 bits per heavy atom. The van der Waals surface area contributed by atoms with Crippen molar-refractivity contribution in [3.05, 3.63) is 52.8 Å². The van der Waals surface area contributed by atoms with Gasteiger partial charge in [0.2, 0.25) is 0 Å². The van der Waals surface area contributed by atoms with Crippen LogP contribution in [0.5, 0.6) is 11.5 Å². The fourth-order valence-electron chi connectivity index (χ4n) is 1.42.